The third kappa shape index (κ3) is 2.90. The van der Waals surface area contributed by atoms with E-state index in [9.17, 15) is 5.21 Å². The number of ether oxygens (including phenoxy) is 1. The topological polar surface area (TPSA) is 100 Å². The van der Waals surface area contributed by atoms with Crippen LogP contribution >= 0.6 is 0 Å². The van der Waals surface area contributed by atoms with Gasteiger partial charge in [0, 0.05) is 7.11 Å². The second-order valence-electron chi connectivity index (χ2n) is 3.96. The van der Waals surface area contributed by atoms with Gasteiger partial charge in [-0.2, -0.15) is 10.2 Å². The van der Waals surface area contributed by atoms with Crippen molar-refractivity contribution in [3.63, 3.8) is 0 Å². The summed E-state index contributed by atoms with van der Waals surface area (Å²) in [4.78, 5) is 0. The van der Waals surface area contributed by atoms with Gasteiger partial charge in [0.15, 0.2) is 0 Å². The normalized spacial score (nSPS) is 10.4. The van der Waals surface area contributed by atoms with E-state index < -0.39 is 0 Å². The number of nitrogens with zero attached hydrogens (tertiary/aromatic N) is 3. The van der Waals surface area contributed by atoms with Crippen LogP contribution < -0.4 is 10.8 Å². The number of hydrogen-bond donors (Lipinski definition) is 3. The van der Waals surface area contributed by atoms with Gasteiger partial charge in [0.05, 0.1) is 30.4 Å². The first kappa shape index (κ1) is 13.1. The van der Waals surface area contributed by atoms with Crippen LogP contribution in [0.2, 0.25) is 0 Å². The number of aromatic nitrogens is 2. The highest BCUT2D eigenvalue weighted by molar-refractivity contribution is 5.92. The first-order chi connectivity index (χ1) is 9.11. The van der Waals surface area contributed by atoms with Crippen LogP contribution in [-0.2, 0) is 11.3 Å². The minimum Gasteiger partial charge on any atom is -0.396 e. The van der Waals surface area contributed by atoms with Gasteiger partial charge in [-0.15, -0.1) is 0 Å². The van der Waals surface area contributed by atoms with E-state index in [1.54, 1.807) is 25.3 Å². The second kappa shape index (κ2) is 5.51. The minimum absolute atomic E-state index is 0.216. The molecule has 0 amide bonds. The molecule has 7 heteroatoms. The lowest BCUT2D eigenvalue weighted by Gasteiger charge is -2.17. The van der Waals surface area contributed by atoms with Crippen molar-refractivity contribution in [1.82, 2.24) is 9.78 Å². The summed E-state index contributed by atoms with van der Waals surface area (Å²) in [7, 11) is 1.60. The van der Waals surface area contributed by atoms with Crippen molar-refractivity contribution in [3.05, 3.63) is 42.2 Å². The molecule has 2 rings (SSSR count). The van der Waals surface area contributed by atoms with Crippen LogP contribution in [0.3, 0.4) is 0 Å². The maximum atomic E-state index is 10.0. The Morgan fingerprint density at radius 1 is 1.58 bits per heavy atom. The second-order valence-corrected chi connectivity index (χ2v) is 3.96. The molecule has 0 fully saturated rings. The average molecular weight is 261 g/mol. The quantitative estimate of drug-likeness (QED) is 0.439. The number of anilines is 2. The molecule has 0 atom stereocenters. The average Bonchev–Trinajstić information content (AvgIpc) is 2.84. The van der Waals surface area contributed by atoms with Gasteiger partial charge in [0.25, 0.3) is 0 Å². The molecule has 0 aliphatic carbocycles. The summed E-state index contributed by atoms with van der Waals surface area (Å²) in [5.74, 6) is -0.216. The number of nitrogens with one attached hydrogen (secondary N) is 1. The van der Waals surface area contributed by atoms with Gasteiger partial charge in [-0.25, -0.2) is 4.68 Å². The molecule has 1 aromatic carbocycles. The molecular formula is C12H15N5O2. The molecule has 0 saturated carbocycles. The fraction of sp³-hybridized carbons (Fsp3) is 0.167. The van der Waals surface area contributed by atoms with E-state index in [1.165, 1.54) is 17.1 Å². The van der Waals surface area contributed by atoms with Crippen molar-refractivity contribution in [3.8, 4) is 0 Å². The molecule has 4 N–H and O–H groups in total. The van der Waals surface area contributed by atoms with Crippen LogP contribution in [-0.4, -0.2) is 28.1 Å². The molecule has 1 aromatic heterocycles. The smallest absolute Gasteiger partial charge is 0.248 e. The molecular weight excluding hydrogens is 246 g/mol. The number of nitrogens with two attached hydrogens (primary N) is 1. The van der Waals surface area contributed by atoms with Crippen LogP contribution in [0.5, 0.6) is 0 Å². The zero-order valence-electron chi connectivity index (χ0n) is 10.4. The van der Waals surface area contributed by atoms with Crippen molar-refractivity contribution >= 4 is 17.3 Å². The Labute approximate surface area is 110 Å². The van der Waals surface area contributed by atoms with E-state index in [2.05, 4.69) is 5.10 Å². The number of benzene rings is 1. The Bertz CT molecular complexity index is 581. The van der Waals surface area contributed by atoms with Gasteiger partial charge in [-0.1, -0.05) is 12.1 Å². The van der Waals surface area contributed by atoms with E-state index in [0.29, 0.717) is 18.0 Å². The van der Waals surface area contributed by atoms with Gasteiger partial charge in [0.1, 0.15) is 0 Å². The standard InChI is InChI=1S/C12H15N5O2/c1-19-8-9-3-2-4-11(5-9)17(18)12(14)16-7-10(13)6-15-16/h2-7,14,18H,8,13H2,1H3. The molecule has 7 nitrogen and oxygen atoms in total. The molecule has 2 aromatic rings. The summed E-state index contributed by atoms with van der Waals surface area (Å²) < 4.78 is 6.20. The third-order valence-corrected chi connectivity index (χ3v) is 2.49. The lowest BCUT2D eigenvalue weighted by atomic mass is 10.2. The molecule has 100 valence electrons. The van der Waals surface area contributed by atoms with Crippen molar-refractivity contribution in [1.29, 1.82) is 5.41 Å². The van der Waals surface area contributed by atoms with E-state index in [4.69, 9.17) is 15.9 Å². The molecule has 0 radical (unpaired) electrons. The van der Waals surface area contributed by atoms with E-state index in [-0.39, 0.29) is 5.96 Å². The van der Waals surface area contributed by atoms with Gasteiger partial charge >= 0.3 is 0 Å². The molecule has 0 saturated heterocycles. The van der Waals surface area contributed by atoms with Crippen LogP contribution in [0, 0.1) is 5.41 Å². The summed E-state index contributed by atoms with van der Waals surface area (Å²) in [5.41, 5.74) is 7.29. The predicted octanol–water partition coefficient (Wildman–Crippen LogP) is 1.29. The molecule has 0 spiro atoms. The number of rotatable bonds is 3. The molecule has 0 aliphatic heterocycles. The van der Waals surface area contributed by atoms with Crippen molar-refractivity contribution < 1.29 is 9.94 Å². The number of hydroxylamine groups is 1. The van der Waals surface area contributed by atoms with E-state index in [0.717, 1.165) is 10.6 Å². The maximum Gasteiger partial charge on any atom is 0.248 e. The Morgan fingerprint density at radius 2 is 2.37 bits per heavy atom. The number of hydrogen-bond acceptors (Lipinski definition) is 5. The van der Waals surface area contributed by atoms with Crippen molar-refractivity contribution in [2.24, 2.45) is 0 Å². The summed E-state index contributed by atoms with van der Waals surface area (Å²) >= 11 is 0. The Hall–Kier alpha value is -2.38. The number of methoxy groups -OCH3 is 1. The molecule has 0 aliphatic rings. The van der Waals surface area contributed by atoms with E-state index >= 15 is 0 Å². The van der Waals surface area contributed by atoms with Crippen LogP contribution in [0.25, 0.3) is 0 Å². The number of nitrogen functional groups attached to an aromatic ring is 1. The minimum atomic E-state index is -0.216. The fourth-order valence-electron chi connectivity index (χ4n) is 1.62. The van der Waals surface area contributed by atoms with Crippen molar-refractivity contribution in [2.45, 2.75) is 6.61 Å². The molecule has 1 heterocycles. The Balaban J connectivity index is 2.21. The maximum absolute atomic E-state index is 10.0. The van der Waals surface area contributed by atoms with Gasteiger partial charge < -0.3 is 10.5 Å². The highest BCUT2D eigenvalue weighted by Gasteiger charge is 2.12. The molecule has 0 bridgehead atoms. The zero-order valence-corrected chi connectivity index (χ0v) is 10.4. The van der Waals surface area contributed by atoms with Gasteiger partial charge in [0.2, 0.25) is 5.96 Å². The lowest BCUT2D eigenvalue weighted by Crippen LogP contribution is -2.32. The monoisotopic (exact) mass is 261 g/mol. The van der Waals surface area contributed by atoms with Gasteiger partial charge in [-0.05, 0) is 17.7 Å². The SMILES string of the molecule is COCc1cccc(N(O)C(=N)n2cc(N)cn2)c1. The largest absolute Gasteiger partial charge is 0.396 e. The highest BCUT2D eigenvalue weighted by atomic mass is 16.5. The summed E-state index contributed by atoms with van der Waals surface area (Å²) in [6.07, 6.45) is 2.86. The highest BCUT2D eigenvalue weighted by Crippen LogP contribution is 2.16. The summed E-state index contributed by atoms with van der Waals surface area (Å²) in [5, 5.41) is 22.4. The molecule has 19 heavy (non-hydrogen) atoms. The molecule has 0 unspecified atom stereocenters. The third-order valence-electron chi connectivity index (χ3n) is 2.49. The Morgan fingerprint density at radius 3 is 3.00 bits per heavy atom. The predicted molar refractivity (Wildman–Crippen MR) is 71.2 cm³/mol. The fourth-order valence-corrected chi connectivity index (χ4v) is 1.62. The zero-order chi connectivity index (χ0) is 13.8. The van der Waals surface area contributed by atoms with Crippen LogP contribution in [0.4, 0.5) is 11.4 Å². The Kier molecular flexibility index (Phi) is 3.79. The van der Waals surface area contributed by atoms with Crippen molar-refractivity contribution in [2.75, 3.05) is 17.9 Å². The van der Waals surface area contributed by atoms with Crippen LogP contribution in [0.1, 0.15) is 5.56 Å². The first-order valence-corrected chi connectivity index (χ1v) is 5.58. The summed E-state index contributed by atoms with van der Waals surface area (Å²) in [6.45, 7) is 0.434. The lowest BCUT2D eigenvalue weighted by molar-refractivity contribution is 0.185. The van der Waals surface area contributed by atoms with E-state index in [1.807, 2.05) is 6.07 Å². The van der Waals surface area contributed by atoms with Gasteiger partial charge in [-0.3, -0.25) is 10.6 Å². The summed E-state index contributed by atoms with van der Waals surface area (Å²) in [6, 6.07) is 7.06. The first-order valence-electron chi connectivity index (χ1n) is 5.58. The van der Waals surface area contributed by atoms with Crippen LogP contribution in [0.15, 0.2) is 36.7 Å².